The molecule has 150 valence electrons. The molecule has 7 heteroatoms. The van der Waals surface area contributed by atoms with Crippen molar-refractivity contribution < 1.29 is 18.0 Å². The number of thiazole rings is 1. The molecular weight excluding hydrogens is 397 g/mol. The zero-order valence-corrected chi connectivity index (χ0v) is 16.3. The van der Waals surface area contributed by atoms with Gasteiger partial charge in [0.15, 0.2) is 0 Å². The number of allylic oxidation sites excluding steroid dienone is 2. The Balaban J connectivity index is 1.45. The first-order chi connectivity index (χ1) is 13.9. The van der Waals surface area contributed by atoms with Crippen LogP contribution in [0.4, 0.5) is 13.2 Å². The third-order valence-electron chi connectivity index (χ3n) is 5.14. The number of nitrogens with zero attached hydrogens (tertiary/aromatic N) is 1. The summed E-state index contributed by atoms with van der Waals surface area (Å²) in [6, 6.07) is 12.8. The standard InChI is InChI=1S/C22H19F3N2OS/c23-22(24,25)15-11-9-14(10-12-15)13-26-20(28)16-5-1-2-6-17(16)21-27-18-7-3-4-8-19(18)29-21/h1-4,7-12,16-17H,5-6,13H2,(H,26,28). The number of para-hydroxylation sites is 1. The summed E-state index contributed by atoms with van der Waals surface area (Å²) in [6.07, 6.45) is 1.10. The Labute approximate surface area is 170 Å². The highest BCUT2D eigenvalue weighted by molar-refractivity contribution is 7.18. The topological polar surface area (TPSA) is 42.0 Å². The van der Waals surface area contributed by atoms with Gasteiger partial charge in [0.1, 0.15) is 0 Å². The summed E-state index contributed by atoms with van der Waals surface area (Å²) in [5, 5.41) is 3.83. The molecule has 2 atom stereocenters. The number of fused-ring (bicyclic) bond motifs is 1. The fraction of sp³-hybridized carbons (Fsp3) is 0.273. The van der Waals surface area contributed by atoms with Crippen molar-refractivity contribution in [2.75, 3.05) is 0 Å². The number of benzene rings is 2. The maximum atomic E-state index is 12.8. The van der Waals surface area contributed by atoms with Crippen molar-refractivity contribution in [3.63, 3.8) is 0 Å². The average molecular weight is 416 g/mol. The fourth-order valence-corrected chi connectivity index (χ4v) is 4.70. The Morgan fingerprint density at radius 2 is 1.79 bits per heavy atom. The van der Waals surface area contributed by atoms with Crippen LogP contribution in [-0.4, -0.2) is 10.9 Å². The number of carbonyl (C=O) groups excluding carboxylic acids is 1. The Morgan fingerprint density at radius 1 is 1.07 bits per heavy atom. The van der Waals surface area contributed by atoms with Crippen LogP contribution >= 0.6 is 11.3 Å². The van der Waals surface area contributed by atoms with Crippen LogP contribution in [0.25, 0.3) is 10.2 Å². The molecule has 2 aromatic carbocycles. The van der Waals surface area contributed by atoms with Gasteiger partial charge in [-0.2, -0.15) is 13.2 Å². The molecule has 2 unspecified atom stereocenters. The van der Waals surface area contributed by atoms with Gasteiger partial charge in [0, 0.05) is 12.5 Å². The van der Waals surface area contributed by atoms with Gasteiger partial charge in [-0.05, 0) is 42.7 Å². The fourth-order valence-electron chi connectivity index (χ4n) is 3.56. The third-order valence-corrected chi connectivity index (χ3v) is 6.31. The van der Waals surface area contributed by atoms with Gasteiger partial charge in [-0.3, -0.25) is 4.79 Å². The molecule has 4 rings (SSSR count). The third kappa shape index (κ3) is 4.34. The lowest BCUT2D eigenvalue weighted by molar-refractivity contribution is -0.137. The molecule has 0 radical (unpaired) electrons. The molecule has 3 nitrogen and oxygen atoms in total. The molecule has 1 aliphatic carbocycles. The Kier molecular flexibility index (Phi) is 5.41. The summed E-state index contributed by atoms with van der Waals surface area (Å²) in [5.74, 6) is -0.335. The van der Waals surface area contributed by atoms with Gasteiger partial charge in [0.25, 0.3) is 0 Å². The van der Waals surface area contributed by atoms with Crippen LogP contribution in [0.3, 0.4) is 0 Å². The molecule has 0 saturated carbocycles. The maximum absolute atomic E-state index is 12.8. The monoisotopic (exact) mass is 416 g/mol. The van der Waals surface area contributed by atoms with E-state index in [0.29, 0.717) is 12.0 Å². The van der Waals surface area contributed by atoms with Crippen LogP contribution in [0.2, 0.25) is 0 Å². The van der Waals surface area contributed by atoms with E-state index in [4.69, 9.17) is 4.98 Å². The molecule has 1 amide bonds. The lowest BCUT2D eigenvalue weighted by atomic mass is 9.82. The van der Waals surface area contributed by atoms with Gasteiger partial charge in [-0.25, -0.2) is 4.98 Å². The zero-order chi connectivity index (χ0) is 20.4. The highest BCUT2D eigenvalue weighted by atomic mass is 32.1. The van der Waals surface area contributed by atoms with E-state index in [9.17, 15) is 18.0 Å². The summed E-state index contributed by atoms with van der Waals surface area (Å²) >= 11 is 1.61. The van der Waals surface area contributed by atoms with Gasteiger partial charge < -0.3 is 5.32 Å². The minimum absolute atomic E-state index is 0.00463. The minimum Gasteiger partial charge on any atom is -0.352 e. The number of carbonyl (C=O) groups is 1. The summed E-state index contributed by atoms with van der Waals surface area (Å²) < 4.78 is 39.1. The van der Waals surface area contributed by atoms with E-state index in [1.165, 1.54) is 12.1 Å². The van der Waals surface area contributed by atoms with Gasteiger partial charge in [-0.1, -0.05) is 36.4 Å². The quantitative estimate of drug-likeness (QED) is 0.556. The van der Waals surface area contributed by atoms with E-state index in [0.717, 1.165) is 33.8 Å². The minimum atomic E-state index is -4.36. The number of hydrogen-bond acceptors (Lipinski definition) is 3. The first-order valence-electron chi connectivity index (χ1n) is 9.36. The summed E-state index contributed by atoms with van der Waals surface area (Å²) in [6.45, 7) is 0.198. The van der Waals surface area contributed by atoms with Crippen LogP contribution < -0.4 is 5.32 Å². The van der Waals surface area contributed by atoms with Gasteiger partial charge in [0.2, 0.25) is 5.91 Å². The smallest absolute Gasteiger partial charge is 0.352 e. The van der Waals surface area contributed by atoms with Gasteiger partial charge in [-0.15, -0.1) is 11.3 Å². The molecule has 1 aromatic heterocycles. The van der Waals surface area contributed by atoms with Crippen LogP contribution in [0.1, 0.15) is 34.9 Å². The molecule has 0 bridgehead atoms. The van der Waals surface area contributed by atoms with E-state index in [2.05, 4.69) is 11.4 Å². The van der Waals surface area contributed by atoms with Gasteiger partial charge in [0.05, 0.1) is 26.7 Å². The van der Waals surface area contributed by atoms with E-state index in [1.807, 2.05) is 30.3 Å². The second kappa shape index (κ2) is 7.99. The van der Waals surface area contributed by atoms with Crippen molar-refractivity contribution in [1.82, 2.24) is 10.3 Å². The normalized spacial score (nSPS) is 19.4. The number of nitrogens with one attached hydrogen (secondary N) is 1. The van der Waals surface area contributed by atoms with E-state index >= 15 is 0 Å². The highest BCUT2D eigenvalue weighted by Crippen LogP contribution is 2.38. The first kappa shape index (κ1) is 19.6. The Morgan fingerprint density at radius 3 is 2.52 bits per heavy atom. The van der Waals surface area contributed by atoms with Crippen molar-refractivity contribution in [1.29, 1.82) is 0 Å². The lowest BCUT2D eigenvalue weighted by Gasteiger charge is -2.26. The average Bonchev–Trinajstić information content (AvgIpc) is 3.16. The molecule has 0 fully saturated rings. The van der Waals surface area contributed by atoms with E-state index in [1.54, 1.807) is 11.3 Å². The lowest BCUT2D eigenvalue weighted by Crippen LogP contribution is -2.34. The molecule has 3 aromatic rings. The largest absolute Gasteiger partial charge is 0.416 e. The molecule has 1 N–H and O–H groups in total. The molecule has 0 aliphatic heterocycles. The van der Waals surface area contributed by atoms with E-state index in [-0.39, 0.29) is 24.3 Å². The molecule has 0 saturated heterocycles. The van der Waals surface area contributed by atoms with Crippen molar-refractivity contribution in [3.05, 3.63) is 76.8 Å². The van der Waals surface area contributed by atoms with E-state index < -0.39 is 11.7 Å². The predicted molar refractivity (Wildman–Crippen MR) is 108 cm³/mol. The molecule has 0 spiro atoms. The number of hydrogen-bond donors (Lipinski definition) is 1. The molecule has 1 heterocycles. The summed E-state index contributed by atoms with van der Waals surface area (Å²) in [5.41, 5.74) is 0.876. The number of rotatable bonds is 4. The Bertz CT molecular complexity index is 1010. The number of halogens is 3. The van der Waals surface area contributed by atoms with Crippen molar-refractivity contribution in [2.24, 2.45) is 5.92 Å². The van der Waals surface area contributed by atoms with Crippen LogP contribution in [0.15, 0.2) is 60.7 Å². The van der Waals surface area contributed by atoms with Crippen molar-refractivity contribution in [3.8, 4) is 0 Å². The summed E-state index contributed by atoms with van der Waals surface area (Å²) in [7, 11) is 0. The molecule has 1 aliphatic rings. The van der Waals surface area contributed by atoms with Crippen LogP contribution in [0, 0.1) is 5.92 Å². The SMILES string of the molecule is O=C(NCc1ccc(C(F)(F)F)cc1)C1CC=CCC1c1nc2ccccc2s1. The van der Waals surface area contributed by atoms with Crippen LogP contribution in [0.5, 0.6) is 0 Å². The van der Waals surface area contributed by atoms with Crippen molar-refractivity contribution in [2.45, 2.75) is 31.5 Å². The van der Waals surface area contributed by atoms with Crippen molar-refractivity contribution >= 4 is 27.5 Å². The summed E-state index contributed by atoms with van der Waals surface area (Å²) in [4.78, 5) is 17.6. The molecule has 29 heavy (non-hydrogen) atoms. The number of alkyl halides is 3. The zero-order valence-electron chi connectivity index (χ0n) is 15.4. The maximum Gasteiger partial charge on any atom is 0.416 e. The van der Waals surface area contributed by atoms with Crippen LogP contribution in [-0.2, 0) is 17.5 Å². The highest BCUT2D eigenvalue weighted by Gasteiger charge is 2.32. The second-order valence-electron chi connectivity index (χ2n) is 7.09. The number of aromatic nitrogens is 1. The predicted octanol–water partition coefficient (Wildman–Crippen LogP) is 5.68. The number of amides is 1. The Hall–Kier alpha value is -2.67. The second-order valence-corrected chi connectivity index (χ2v) is 8.15. The first-order valence-corrected chi connectivity index (χ1v) is 10.2. The molecular formula is C22H19F3N2OS. The van der Waals surface area contributed by atoms with Gasteiger partial charge >= 0.3 is 6.18 Å².